The maximum absolute atomic E-state index is 13.5. The van der Waals surface area contributed by atoms with Crippen LogP contribution in [0, 0.1) is 19.7 Å². The standard InChI is InChI=1S/C11H10FN/c1-7-3-6-10-9(11(7)12)5-4-8(2)13-10/h3-6H,1-2H3. The molecule has 0 saturated heterocycles. The number of aryl methyl sites for hydroxylation is 2. The highest BCUT2D eigenvalue weighted by atomic mass is 19.1. The van der Waals surface area contributed by atoms with Gasteiger partial charge < -0.3 is 0 Å². The molecule has 0 fully saturated rings. The van der Waals surface area contributed by atoms with Gasteiger partial charge in [0, 0.05) is 11.1 Å². The number of nitrogens with zero attached hydrogens (tertiary/aromatic N) is 1. The van der Waals surface area contributed by atoms with E-state index < -0.39 is 0 Å². The summed E-state index contributed by atoms with van der Waals surface area (Å²) in [6, 6.07) is 7.20. The van der Waals surface area contributed by atoms with E-state index in [4.69, 9.17) is 0 Å². The van der Waals surface area contributed by atoms with Crippen molar-refractivity contribution < 1.29 is 4.39 Å². The Morgan fingerprint density at radius 2 is 1.85 bits per heavy atom. The van der Waals surface area contributed by atoms with Crippen LogP contribution in [0.5, 0.6) is 0 Å². The first kappa shape index (κ1) is 8.17. The summed E-state index contributed by atoms with van der Waals surface area (Å²) in [5.41, 5.74) is 2.30. The number of hydrogen-bond acceptors (Lipinski definition) is 1. The molecule has 0 N–H and O–H groups in total. The molecule has 0 spiro atoms. The second-order valence-electron chi connectivity index (χ2n) is 3.22. The quantitative estimate of drug-likeness (QED) is 0.599. The van der Waals surface area contributed by atoms with Gasteiger partial charge in [-0.1, -0.05) is 6.07 Å². The van der Waals surface area contributed by atoms with Crippen LogP contribution in [0.25, 0.3) is 10.9 Å². The zero-order chi connectivity index (χ0) is 9.42. The first-order chi connectivity index (χ1) is 6.18. The molecule has 2 heteroatoms. The Kier molecular flexibility index (Phi) is 1.76. The van der Waals surface area contributed by atoms with Gasteiger partial charge in [0.15, 0.2) is 0 Å². The molecule has 0 aliphatic rings. The minimum atomic E-state index is -0.162. The highest BCUT2D eigenvalue weighted by molar-refractivity contribution is 5.80. The lowest BCUT2D eigenvalue weighted by atomic mass is 10.1. The summed E-state index contributed by atoms with van der Waals surface area (Å²) in [4.78, 5) is 4.24. The highest BCUT2D eigenvalue weighted by Crippen LogP contribution is 2.19. The largest absolute Gasteiger partial charge is 0.253 e. The Hall–Kier alpha value is -1.44. The Bertz CT molecular complexity index is 463. The summed E-state index contributed by atoms with van der Waals surface area (Å²) < 4.78 is 13.5. The topological polar surface area (TPSA) is 12.9 Å². The monoisotopic (exact) mass is 175 g/mol. The normalized spacial score (nSPS) is 10.7. The van der Waals surface area contributed by atoms with Gasteiger partial charge >= 0.3 is 0 Å². The molecule has 2 rings (SSSR count). The molecular formula is C11H10FN. The minimum Gasteiger partial charge on any atom is -0.253 e. The lowest BCUT2D eigenvalue weighted by molar-refractivity contribution is 0.630. The predicted octanol–water partition coefficient (Wildman–Crippen LogP) is 2.99. The van der Waals surface area contributed by atoms with Crippen LogP contribution in [-0.4, -0.2) is 4.98 Å². The van der Waals surface area contributed by atoms with Crippen LogP contribution in [0.4, 0.5) is 4.39 Å². The highest BCUT2D eigenvalue weighted by Gasteiger charge is 2.03. The molecule has 0 bridgehead atoms. The van der Waals surface area contributed by atoms with E-state index in [9.17, 15) is 4.39 Å². The Labute approximate surface area is 76.2 Å². The van der Waals surface area contributed by atoms with Crippen LogP contribution in [0.2, 0.25) is 0 Å². The fraction of sp³-hybridized carbons (Fsp3) is 0.182. The molecule has 66 valence electrons. The zero-order valence-electron chi connectivity index (χ0n) is 7.63. The summed E-state index contributed by atoms with van der Waals surface area (Å²) in [6.07, 6.45) is 0. The average Bonchev–Trinajstić information content (AvgIpc) is 2.12. The lowest BCUT2D eigenvalue weighted by Crippen LogP contribution is -1.88. The molecule has 0 amide bonds. The number of rotatable bonds is 0. The van der Waals surface area contributed by atoms with Crippen molar-refractivity contribution in [2.75, 3.05) is 0 Å². The molecular weight excluding hydrogens is 165 g/mol. The van der Waals surface area contributed by atoms with Crippen LogP contribution in [0.3, 0.4) is 0 Å². The number of benzene rings is 1. The van der Waals surface area contributed by atoms with E-state index in [1.54, 1.807) is 19.1 Å². The Morgan fingerprint density at radius 3 is 2.62 bits per heavy atom. The second-order valence-corrected chi connectivity index (χ2v) is 3.22. The predicted molar refractivity (Wildman–Crippen MR) is 51.2 cm³/mol. The van der Waals surface area contributed by atoms with E-state index in [0.29, 0.717) is 10.9 Å². The van der Waals surface area contributed by atoms with E-state index in [2.05, 4.69) is 4.98 Å². The fourth-order valence-corrected chi connectivity index (χ4v) is 1.38. The smallest absolute Gasteiger partial charge is 0.135 e. The third-order valence-electron chi connectivity index (χ3n) is 2.14. The fourth-order valence-electron chi connectivity index (χ4n) is 1.38. The first-order valence-electron chi connectivity index (χ1n) is 4.21. The Balaban J connectivity index is 2.87. The summed E-state index contributed by atoms with van der Waals surface area (Å²) >= 11 is 0. The maximum Gasteiger partial charge on any atom is 0.135 e. The SMILES string of the molecule is Cc1ccc2c(F)c(C)ccc2n1. The van der Waals surface area contributed by atoms with Gasteiger partial charge in [-0.15, -0.1) is 0 Å². The van der Waals surface area contributed by atoms with Crippen LogP contribution < -0.4 is 0 Å². The van der Waals surface area contributed by atoms with E-state index in [-0.39, 0.29) is 5.82 Å². The Morgan fingerprint density at radius 1 is 1.08 bits per heavy atom. The van der Waals surface area contributed by atoms with Gasteiger partial charge in [0.05, 0.1) is 5.52 Å². The third kappa shape index (κ3) is 1.28. The number of pyridine rings is 1. The first-order valence-corrected chi connectivity index (χ1v) is 4.21. The van der Waals surface area contributed by atoms with E-state index >= 15 is 0 Å². The molecule has 2 aromatic rings. The number of hydrogen-bond donors (Lipinski definition) is 0. The third-order valence-corrected chi connectivity index (χ3v) is 2.14. The van der Waals surface area contributed by atoms with Gasteiger partial charge in [-0.3, -0.25) is 4.98 Å². The maximum atomic E-state index is 13.5. The van der Waals surface area contributed by atoms with Crippen molar-refractivity contribution in [2.45, 2.75) is 13.8 Å². The minimum absolute atomic E-state index is 0.162. The average molecular weight is 175 g/mol. The van der Waals surface area contributed by atoms with Gasteiger partial charge in [-0.2, -0.15) is 0 Å². The van der Waals surface area contributed by atoms with Crippen LogP contribution in [-0.2, 0) is 0 Å². The van der Waals surface area contributed by atoms with Crippen LogP contribution in [0.15, 0.2) is 24.3 Å². The molecule has 0 saturated carbocycles. The van der Waals surface area contributed by atoms with Gasteiger partial charge in [0.25, 0.3) is 0 Å². The van der Waals surface area contributed by atoms with Crippen molar-refractivity contribution in [3.8, 4) is 0 Å². The molecule has 1 aromatic carbocycles. The molecule has 0 atom stereocenters. The number of aromatic nitrogens is 1. The van der Waals surface area contributed by atoms with Crippen LogP contribution in [0.1, 0.15) is 11.3 Å². The summed E-state index contributed by atoms with van der Waals surface area (Å²) in [5.74, 6) is -0.162. The molecule has 1 nitrogen and oxygen atoms in total. The molecule has 0 unspecified atom stereocenters. The molecule has 1 heterocycles. The van der Waals surface area contributed by atoms with Gasteiger partial charge in [-0.05, 0) is 37.6 Å². The van der Waals surface area contributed by atoms with E-state index in [0.717, 1.165) is 11.2 Å². The van der Waals surface area contributed by atoms with Crippen molar-refractivity contribution in [2.24, 2.45) is 0 Å². The van der Waals surface area contributed by atoms with E-state index in [1.165, 1.54) is 0 Å². The summed E-state index contributed by atoms with van der Waals surface area (Å²) in [7, 11) is 0. The number of halogens is 1. The summed E-state index contributed by atoms with van der Waals surface area (Å²) in [5, 5.41) is 0.602. The van der Waals surface area contributed by atoms with Crippen molar-refractivity contribution in [3.05, 3.63) is 41.3 Å². The molecule has 0 radical (unpaired) electrons. The van der Waals surface area contributed by atoms with Crippen molar-refractivity contribution in [1.82, 2.24) is 4.98 Å². The molecule has 13 heavy (non-hydrogen) atoms. The van der Waals surface area contributed by atoms with E-state index in [1.807, 2.05) is 19.1 Å². The lowest BCUT2D eigenvalue weighted by Gasteiger charge is -2.02. The molecule has 1 aromatic heterocycles. The number of fused-ring (bicyclic) bond motifs is 1. The second kappa shape index (κ2) is 2.80. The van der Waals surface area contributed by atoms with Crippen molar-refractivity contribution in [1.29, 1.82) is 0 Å². The summed E-state index contributed by atoms with van der Waals surface area (Å²) in [6.45, 7) is 3.66. The molecule has 0 aliphatic carbocycles. The van der Waals surface area contributed by atoms with Crippen molar-refractivity contribution in [3.63, 3.8) is 0 Å². The zero-order valence-corrected chi connectivity index (χ0v) is 7.63. The van der Waals surface area contributed by atoms with Gasteiger partial charge in [0.1, 0.15) is 5.82 Å². The van der Waals surface area contributed by atoms with Gasteiger partial charge in [-0.25, -0.2) is 4.39 Å². The van der Waals surface area contributed by atoms with Crippen LogP contribution >= 0.6 is 0 Å². The molecule has 0 aliphatic heterocycles. The van der Waals surface area contributed by atoms with Gasteiger partial charge in [0.2, 0.25) is 0 Å². The van der Waals surface area contributed by atoms with Crippen molar-refractivity contribution >= 4 is 10.9 Å².